The molecule has 0 bridgehead atoms. The van der Waals surface area contributed by atoms with Gasteiger partial charge in [0.15, 0.2) is 0 Å². The highest BCUT2D eigenvalue weighted by Crippen LogP contribution is 2.39. The van der Waals surface area contributed by atoms with Gasteiger partial charge in [-0.25, -0.2) is 0 Å². The molecule has 0 spiro atoms. The molecule has 1 saturated carbocycles. The molecule has 94 valence electrons. The van der Waals surface area contributed by atoms with Gasteiger partial charge in [0, 0.05) is 28.7 Å². The van der Waals surface area contributed by atoms with Crippen molar-refractivity contribution in [2.45, 2.75) is 55.9 Å². The van der Waals surface area contributed by atoms with E-state index in [1.54, 1.807) is 0 Å². The van der Waals surface area contributed by atoms with E-state index in [2.05, 4.69) is 23.1 Å². The highest BCUT2D eigenvalue weighted by atomic mass is 32.2. The van der Waals surface area contributed by atoms with Gasteiger partial charge in [-0.3, -0.25) is 0 Å². The fourth-order valence-electron chi connectivity index (χ4n) is 3.42. The summed E-state index contributed by atoms with van der Waals surface area (Å²) in [5, 5.41) is 10.8. The monoisotopic (exact) mass is 251 g/mol. The molecule has 1 fully saturated rings. The van der Waals surface area contributed by atoms with Gasteiger partial charge in [-0.05, 0) is 50.8 Å². The Morgan fingerprint density at radius 1 is 1.35 bits per heavy atom. The number of aliphatic hydroxyl groups excluding tert-OH is 1. The molecular formula is C14H21NOS. The third-order valence-electron chi connectivity index (χ3n) is 4.39. The topological polar surface area (TPSA) is 25.2 Å². The third kappa shape index (κ3) is 2.04. The number of rotatable bonds is 2. The van der Waals surface area contributed by atoms with E-state index in [1.165, 1.54) is 30.5 Å². The van der Waals surface area contributed by atoms with Crippen LogP contribution in [0.2, 0.25) is 0 Å². The second-order valence-electron chi connectivity index (χ2n) is 5.36. The molecule has 2 nitrogen and oxygen atoms in total. The minimum atomic E-state index is -0.210. The van der Waals surface area contributed by atoms with Crippen LogP contribution in [0.15, 0.2) is 12.3 Å². The van der Waals surface area contributed by atoms with Crippen LogP contribution >= 0.6 is 11.8 Å². The molecule has 17 heavy (non-hydrogen) atoms. The van der Waals surface area contributed by atoms with E-state index >= 15 is 0 Å². The summed E-state index contributed by atoms with van der Waals surface area (Å²) in [6.07, 6.45) is 11.4. The minimum Gasteiger partial charge on any atom is -0.388 e. The summed E-state index contributed by atoms with van der Waals surface area (Å²) >= 11 is 2.01. The zero-order valence-electron chi connectivity index (χ0n) is 10.4. The fraction of sp³-hybridized carbons (Fsp3) is 0.714. The summed E-state index contributed by atoms with van der Waals surface area (Å²) in [5.74, 6) is 0. The maximum atomic E-state index is 10.00. The van der Waals surface area contributed by atoms with Crippen molar-refractivity contribution in [1.29, 1.82) is 0 Å². The van der Waals surface area contributed by atoms with Crippen LogP contribution in [0, 0.1) is 0 Å². The summed E-state index contributed by atoms with van der Waals surface area (Å²) in [4.78, 5) is 0. The van der Waals surface area contributed by atoms with E-state index in [0.29, 0.717) is 6.04 Å². The molecule has 0 saturated heterocycles. The Balaban J connectivity index is 1.85. The van der Waals surface area contributed by atoms with Crippen molar-refractivity contribution in [3.05, 3.63) is 23.5 Å². The smallest absolute Gasteiger partial charge is 0.0807 e. The Hall–Kier alpha value is -0.410. The number of thioether (sulfide) groups is 1. The van der Waals surface area contributed by atoms with Crippen LogP contribution in [0.3, 0.4) is 0 Å². The van der Waals surface area contributed by atoms with Crippen LogP contribution in [0.25, 0.3) is 0 Å². The Kier molecular flexibility index (Phi) is 3.22. The zero-order valence-corrected chi connectivity index (χ0v) is 11.2. The summed E-state index contributed by atoms with van der Waals surface area (Å²) < 4.78 is 2.47. The summed E-state index contributed by atoms with van der Waals surface area (Å²) in [6.45, 7) is 0. The first-order chi connectivity index (χ1) is 8.29. The molecular weight excluding hydrogens is 230 g/mol. The van der Waals surface area contributed by atoms with E-state index in [4.69, 9.17) is 0 Å². The van der Waals surface area contributed by atoms with Gasteiger partial charge in [-0.1, -0.05) is 0 Å². The second kappa shape index (κ2) is 4.69. The standard InChI is InChI=1S/C14H21NOS/c1-17-11-6-5-10(9-11)15-8-7-12-13(15)3-2-4-14(12)16/h7-8,10-11,14,16H,2-6,9H2,1H3. The Labute approximate surface area is 107 Å². The van der Waals surface area contributed by atoms with Crippen LogP contribution in [-0.4, -0.2) is 21.2 Å². The van der Waals surface area contributed by atoms with Gasteiger partial charge in [-0.15, -0.1) is 0 Å². The quantitative estimate of drug-likeness (QED) is 0.872. The molecule has 3 atom stereocenters. The molecule has 0 aliphatic heterocycles. The molecule has 3 unspecified atom stereocenters. The molecule has 0 radical (unpaired) electrons. The molecule has 1 aromatic rings. The second-order valence-corrected chi connectivity index (χ2v) is 6.50. The van der Waals surface area contributed by atoms with Crippen molar-refractivity contribution in [3.8, 4) is 0 Å². The third-order valence-corrected chi connectivity index (χ3v) is 5.49. The molecule has 3 heteroatoms. The molecule has 0 aromatic carbocycles. The first kappa shape index (κ1) is 11.7. The number of aromatic nitrogens is 1. The number of hydrogen-bond donors (Lipinski definition) is 1. The van der Waals surface area contributed by atoms with E-state index < -0.39 is 0 Å². The van der Waals surface area contributed by atoms with Crippen molar-refractivity contribution in [2.24, 2.45) is 0 Å². The summed E-state index contributed by atoms with van der Waals surface area (Å²) in [7, 11) is 0. The van der Waals surface area contributed by atoms with E-state index in [0.717, 1.165) is 24.5 Å². The molecule has 1 aromatic heterocycles. The minimum absolute atomic E-state index is 0.210. The fourth-order valence-corrected chi connectivity index (χ4v) is 4.20. The normalized spacial score (nSPS) is 32.7. The molecule has 1 heterocycles. The summed E-state index contributed by atoms with van der Waals surface area (Å²) in [6, 6.07) is 2.83. The average molecular weight is 251 g/mol. The van der Waals surface area contributed by atoms with E-state index in [9.17, 15) is 5.11 Å². The van der Waals surface area contributed by atoms with Crippen LogP contribution < -0.4 is 0 Å². The van der Waals surface area contributed by atoms with Gasteiger partial charge in [0.2, 0.25) is 0 Å². The average Bonchev–Trinajstić information content (AvgIpc) is 2.94. The highest BCUT2D eigenvalue weighted by molar-refractivity contribution is 7.99. The molecule has 2 aliphatic carbocycles. The lowest BCUT2D eigenvalue weighted by atomic mass is 9.95. The van der Waals surface area contributed by atoms with Crippen molar-refractivity contribution in [3.63, 3.8) is 0 Å². The lowest BCUT2D eigenvalue weighted by Gasteiger charge is -2.23. The number of aliphatic hydroxyl groups is 1. The van der Waals surface area contributed by atoms with Crippen LogP contribution in [-0.2, 0) is 6.42 Å². The van der Waals surface area contributed by atoms with Gasteiger partial charge in [0.1, 0.15) is 0 Å². The lowest BCUT2D eigenvalue weighted by Crippen LogP contribution is -2.14. The van der Waals surface area contributed by atoms with Gasteiger partial charge in [0.25, 0.3) is 0 Å². The predicted molar refractivity (Wildman–Crippen MR) is 72.5 cm³/mol. The lowest BCUT2D eigenvalue weighted by molar-refractivity contribution is 0.155. The number of fused-ring (bicyclic) bond motifs is 1. The Morgan fingerprint density at radius 2 is 2.24 bits per heavy atom. The first-order valence-corrected chi connectivity index (χ1v) is 7.99. The van der Waals surface area contributed by atoms with Gasteiger partial charge < -0.3 is 9.67 Å². The van der Waals surface area contributed by atoms with Crippen molar-refractivity contribution in [1.82, 2.24) is 4.57 Å². The predicted octanol–water partition coefficient (Wildman–Crippen LogP) is 3.31. The van der Waals surface area contributed by atoms with Gasteiger partial charge in [0.05, 0.1) is 6.10 Å². The molecule has 3 rings (SSSR count). The number of nitrogens with zero attached hydrogens (tertiary/aromatic N) is 1. The van der Waals surface area contributed by atoms with Crippen LogP contribution in [0.5, 0.6) is 0 Å². The van der Waals surface area contributed by atoms with Crippen molar-refractivity contribution >= 4 is 11.8 Å². The molecule has 0 amide bonds. The summed E-state index contributed by atoms with van der Waals surface area (Å²) in [5.41, 5.74) is 2.61. The molecule has 1 N–H and O–H groups in total. The maximum Gasteiger partial charge on any atom is 0.0807 e. The largest absolute Gasteiger partial charge is 0.388 e. The SMILES string of the molecule is CSC1CCC(n2ccc3c2CCCC3O)C1. The first-order valence-electron chi connectivity index (χ1n) is 6.70. The molecule has 2 aliphatic rings. The number of hydrogen-bond acceptors (Lipinski definition) is 2. The Morgan fingerprint density at radius 3 is 3.00 bits per heavy atom. The van der Waals surface area contributed by atoms with E-state index in [1.807, 2.05) is 11.8 Å². The maximum absolute atomic E-state index is 10.00. The highest BCUT2D eigenvalue weighted by Gasteiger charge is 2.29. The Bertz CT molecular complexity index is 401. The van der Waals surface area contributed by atoms with Crippen LogP contribution in [0.4, 0.5) is 0 Å². The van der Waals surface area contributed by atoms with Crippen LogP contribution in [0.1, 0.15) is 55.5 Å². The van der Waals surface area contributed by atoms with Gasteiger partial charge >= 0.3 is 0 Å². The zero-order chi connectivity index (χ0) is 11.8. The van der Waals surface area contributed by atoms with Crippen molar-refractivity contribution < 1.29 is 5.11 Å². The van der Waals surface area contributed by atoms with Crippen molar-refractivity contribution in [2.75, 3.05) is 6.26 Å². The van der Waals surface area contributed by atoms with E-state index in [-0.39, 0.29) is 6.10 Å². The van der Waals surface area contributed by atoms with Gasteiger partial charge in [-0.2, -0.15) is 11.8 Å².